The van der Waals surface area contributed by atoms with E-state index in [0.29, 0.717) is 18.9 Å². The maximum Gasteiger partial charge on any atom is 0.325 e. The number of nitrogens with one attached hydrogen (secondary N) is 2. The van der Waals surface area contributed by atoms with E-state index in [1.165, 1.54) is 0 Å². The molecule has 0 atom stereocenters. The maximum absolute atomic E-state index is 12.2. The number of fused-ring (bicyclic) bond motifs is 1. The van der Waals surface area contributed by atoms with E-state index in [1.54, 1.807) is 6.92 Å². The summed E-state index contributed by atoms with van der Waals surface area (Å²) < 4.78 is 6.85. The van der Waals surface area contributed by atoms with Gasteiger partial charge in [-0.15, -0.1) is 0 Å². The van der Waals surface area contributed by atoms with Gasteiger partial charge in [0.15, 0.2) is 0 Å². The fourth-order valence-electron chi connectivity index (χ4n) is 3.49. The van der Waals surface area contributed by atoms with Gasteiger partial charge in [-0.05, 0) is 69.5 Å². The first-order valence-corrected chi connectivity index (χ1v) is 9.41. The molecular formula is C20H27N3O3. The van der Waals surface area contributed by atoms with Crippen LogP contribution in [0.3, 0.4) is 0 Å². The van der Waals surface area contributed by atoms with Crippen LogP contribution in [0.5, 0.6) is 0 Å². The van der Waals surface area contributed by atoms with Crippen LogP contribution < -0.4 is 10.6 Å². The lowest BCUT2D eigenvalue weighted by Crippen LogP contribution is -2.28. The number of piperidine rings is 1. The van der Waals surface area contributed by atoms with Gasteiger partial charge in [-0.2, -0.15) is 0 Å². The second-order valence-electron chi connectivity index (χ2n) is 6.80. The Morgan fingerprint density at radius 2 is 2.08 bits per heavy atom. The number of carbonyl (C=O) groups is 2. The van der Waals surface area contributed by atoms with E-state index < -0.39 is 0 Å². The Labute approximate surface area is 153 Å². The lowest BCUT2D eigenvalue weighted by atomic mass is 9.93. The van der Waals surface area contributed by atoms with Gasteiger partial charge in [0.05, 0.1) is 6.61 Å². The average molecular weight is 357 g/mol. The summed E-state index contributed by atoms with van der Waals surface area (Å²) in [5.41, 5.74) is 1.74. The van der Waals surface area contributed by atoms with Crippen LogP contribution in [0.15, 0.2) is 30.5 Å². The van der Waals surface area contributed by atoms with Gasteiger partial charge in [0.2, 0.25) is 5.91 Å². The molecule has 1 aliphatic rings. The van der Waals surface area contributed by atoms with Crippen LogP contribution in [-0.4, -0.2) is 36.1 Å². The van der Waals surface area contributed by atoms with E-state index in [-0.39, 0.29) is 18.4 Å². The van der Waals surface area contributed by atoms with Crippen LogP contribution in [0, 0.1) is 5.92 Å². The minimum Gasteiger partial charge on any atom is -0.465 e. The van der Waals surface area contributed by atoms with E-state index in [4.69, 9.17) is 4.74 Å². The van der Waals surface area contributed by atoms with Gasteiger partial charge in [-0.3, -0.25) is 9.59 Å². The summed E-state index contributed by atoms with van der Waals surface area (Å²) in [5.74, 6) is 0.468. The van der Waals surface area contributed by atoms with Crippen molar-refractivity contribution in [1.29, 1.82) is 0 Å². The summed E-state index contributed by atoms with van der Waals surface area (Å²) in [5, 5.41) is 7.33. The van der Waals surface area contributed by atoms with Gasteiger partial charge in [-0.25, -0.2) is 0 Å². The van der Waals surface area contributed by atoms with Gasteiger partial charge in [-0.1, -0.05) is 0 Å². The molecule has 2 heterocycles. The molecule has 1 aromatic carbocycles. The standard InChI is InChI=1S/C20H27N3O3/c1-2-26-20(25)14-23-12-9-16-13-17(4-5-18(16)23)22-19(24)6-3-15-7-10-21-11-8-15/h4-5,9,12-13,15,21H,2-3,6-8,10-11,14H2,1H3,(H,22,24). The van der Waals surface area contributed by atoms with Crippen LogP contribution in [0.1, 0.15) is 32.6 Å². The minimum atomic E-state index is -0.250. The highest BCUT2D eigenvalue weighted by Gasteiger charge is 2.15. The van der Waals surface area contributed by atoms with E-state index >= 15 is 0 Å². The van der Waals surface area contributed by atoms with E-state index in [9.17, 15) is 9.59 Å². The molecule has 0 aliphatic carbocycles. The zero-order valence-corrected chi connectivity index (χ0v) is 15.3. The van der Waals surface area contributed by atoms with E-state index in [2.05, 4.69) is 10.6 Å². The number of amides is 1. The Morgan fingerprint density at radius 3 is 2.85 bits per heavy atom. The molecule has 26 heavy (non-hydrogen) atoms. The molecule has 2 N–H and O–H groups in total. The number of hydrogen-bond acceptors (Lipinski definition) is 4. The number of nitrogens with zero attached hydrogens (tertiary/aromatic N) is 1. The second-order valence-corrected chi connectivity index (χ2v) is 6.80. The van der Waals surface area contributed by atoms with Crippen molar-refractivity contribution >= 4 is 28.5 Å². The molecule has 1 saturated heterocycles. The molecule has 1 aromatic heterocycles. The van der Waals surface area contributed by atoms with Gasteiger partial charge < -0.3 is 19.9 Å². The average Bonchev–Trinajstić information content (AvgIpc) is 3.03. The predicted molar refractivity (Wildman–Crippen MR) is 102 cm³/mol. The first-order chi connectivity index (χ1) is 12.7. The molecule has 2 aromatic rings. The Morgan fingerprint density at radius 1 is 1.27 bits per heavy atom. The summed E-state index contributed by atoms with van der Waals surface area (Å²) in [4.78, 5) is 23.9. The number of anilines is 1. The molecule has 140 valence electrons. The Kier molecular flexibility index (Phi) is 6.28. The molecule has 1 fully saturated rings. The molecule has 6 nitrogen and oxygen atoms in total. The van der Waals surface area contributed by atoms with Gasteiger partial charge in [0.25, 0.3) is 0 Å². The summed E-state index contributed by atoms with van der Waals surface area (Å²) in [7, 11) is 0. The van der Waals surface area contributed by atoms with Crippen molar-refractivity contribution in [1.82, 2.24) is 9.88 Å². The molecule has 1 aliphatic heterocycles. The largest absolute Gasteiger partial charge is 0.465 e. The van der Waals surface area contributed by atoms with Crippen molar-refractivity contribution in [2.45, 2.75) is 39.2 Å². The van der Waals surface area contributed by atoms with Crippen molar-refractivity contribution in [2.75, 3.05) is 25.0 Å². The fourth-order valence-corrected chi connectivity index (χ4v) is 3.49. The number of esters is 1. The molecule has 0 radical (unpaired) electrons. The molecule has 0 spiro atoms. The fraction of sp³-hybridized carbons (Fsp3) is 0.500. The third-order valence-electron chi connectivity index (χ3n) is 4.90. The maximum atomic E-state index is 12.2. The molecule has 3 rings (SSSR count). The normalized spacial score (nSPS) is 15.1. The minimum absolute atomic E-state index is 0.0637. The molecule has 6 heteroatoms. The summed E-state index contributed by atoms with van der Waals surface area (Å²) in [6, 6.07) is 7.70. The number of ether oxygens (including phenoxy) is 1. The van der Waals surface area contributed by atoms with E-state index in [1.807, 2.05) is 35.0 Å². The number of benzene rings is 1. The van der Waals surface area contributed by atoms with Crippen LogP contribution in [-0.2, 0) is 20.9 Å². The molecule has 0 bridgehead atoms. The second kappa shape index (κ2) is 8.85. The molecule has 0 unspecified atom stereocenters. The zero-order chi connectivity index (χ0) is 18.4. The van der Waals surface area contributed by atoms with Gasteiger partial charge in [0, 0.05) is 29.2 Å². The Balaban J connectivity index is 1.56. The van der Waals surface area contributed by atoms with Crippen LogP contribution >= 0.6 is 0 Å². The first kappa shape index (κ1) is 18.5. The van der Waals surface area contributed by atoms with Gasteiger partial charge >= 0.3 is 5.97 Å². The first-order valence-electron chi connectivity index (χ1n) is 9.41. The monoisotopic (exact) mass is 357 g/mol. The summed E-state index contributed by atoms with van der Waals surface area (Å²) in [6.45, 7) is 4.49. The lowest BCUT2D eigenvalue weighted by molar-refractivity contribution is -0.143. The molecule has 0 saturated carbocycles. The Bertz CT molecular complexity index is 763. The van der Waals surface area contributed by atoms with Crippen LogP contribution in [0.2, 0.25) is 0 Å². The molecule has 1 amide bonds. The zero-order valence-electron chi connectivity index (χ0n) is 15.3. The van der Waals surface area contributed by atoms with E-state index in [0.717, 1.165) is 48.9 Å². The number of carbonyl (C=O) groups excluding carboxylic acids is 2. The smallest absolute Gasteiger partial charge is 0.325 e. The summed E-state index contributed by atoms with van der Waals surface area (Å²) >= 11 is 0. The highest BCUT2D eigenvalue weighted by Crippen LogP contribution is 2.22. The van der Waals surface area contributed by atoms with Gasteiger partial charge in [0.1, 0.15) is 6.54 Å². The topological polar surface area (TPSA) is 72.4 Å². The van der Waals surface area contributed by atoms with Crippen molar-refractivity contribution in [3.8, 4) is 0 Å². The predicted octanol–water partition coefficient (Wildman–Crippen LogP) is 2.92. The quantitative estimate of drug-likeness (QED) is 0.748. The number of rotatable bonds is 7. The third-order valence-corrected chi connectivity index (χ3v) is 4.90. The van der Waals surface area contributed by atoms with Crippen molar-refractivity contribution in [2.24, 2.45) is 5.92 Å². The SMILES string of the molecule is CCOC(=O)Cn1ccc2cc(NC(=O)CCC3CCNCC3)ccc21. The number of aromatic nitrogens is 1. The van der Waals surface area contributed by atoms with Crippen molar-refractivity contribution in [3.05, 3.63) is 30.5 Å². The Hall–Kier alpha value is -2.34. The number of hydrogen-bond donors (Lipinski definition) is 2. The molecular weight excluding hydrogens is 330 g/mol. The third kappa shape index (κ3) is 4.85. The summed E-state index contributed by atoms with van der Waals surface area (Å²) in [6.07, 6.45) is 5.70. The highest BCUT2D eigenvalue weighted by atomic mass is 16.5. The van der Waals surface area contributed by atoms with Crippen molar-refractivity contribution in [3.63, 3.8) is 0 Å². The van der Waals surface area contributed by atoms with Crippen molar-refractivity contribution < 1.29 is 14.3 Å². The van der Waals surface area contributed by atoms with Crippen LogP contribution in [0.25, 0.3) is 10.9 Å². The highest BCUT2D eigenvalue weighted by molar-refractivity contribution is 5.94. The van der Waals surface area contributed by atoms with Crippen LogP contribution in [0.4, 0.5) is 5.69 Å². The lowest BCUT2D eigenvalue weighted by Gasteiger charge is -2.22.